The van der Waals surface area contributed by atoms with E-state index in [-0.39, 0.29) is 17.5 Å². The normalized spacial score (nSPS) is 11.9. The molecule has 0 aliphatic rings. The Hall–Kier alpha value is -2.08. The monoisotopic (exact) mass is 350 g/mol. The van der Waals surface area contributed by atoms with Gasteiger partial charge in [-0.05, 0) is 53.0 Å². The number of nitro benzene ring substituents is 1. The molecular weight excluding hydrogens is 336 g/mol. The summed E-state index contributed by atoms with van der Waals surface area (Å²) in [5.41, 5.74) is 1.82. The number of benzene rings is 2. The van der Waals surface area contributed by atoms with Gasteiger partial charge in [0, 0.05) is 22.6 Å². The maximum atomic E-state index is 10.8. The second-order valence-electron chi connectivity index (χ2n) is 4.84. The van der Waals surface area contributed by atoms with Gasteiger partial charge in [0.25, 0.3) is 5.69 Å². The second-order valence-corrected chi connectivity index (χ2v) is 5.69. The number of nitro groups is 1. The van der Waals surface area contributed by atoms with E-state index in [2.05, 4.69) is 21.2 Å². The molecule has 2 aromatic rings. The van der Waals surface area contributed by atoms with Crippen LogP contribution < -0.4 is 5.32 Å². The number of phenolic OH excluding ortho intramolecular Hbond substituents is 1. The number of non-ortho nitro benzene ring substituents is 1. The summed E-state index contributed by atoms with van der Waals surface area (Å²) >= 11 is 3.38. The summed E-state index contributed by atoms with van der Waals surface area (Å²) in [4.78, 5) is 10.4. The van der Waals surface area contributed by atoms with E-state index in [1.165, 1.54) is 12.1 Å². The maximum Gasteiger partial charge on any atom is 0.271 e. The summed E-state index contributed by atoms with van der Waals surface area (Å²) in [7, 11) is 0. The molecule has 0 fully saturated rings. The highest BCUT2D eigenvalue weighted by molar-refractivity contribution is 9.10. The number of aromatic hydroxyl groups is 1. The van der Waals surface area contributed by atoms with Crippen LogP contribution in [0.3, 0.4) is 0 Å². The zero-order valence-electron chi connectivity index (χ0n) is 11.4. The van der Waals surface area contributed by atoms with Crippen LogP contribution in [0, 0.1) is 10.1 Å². The molecule has 6 heteroatoms. The molecule has 21 heavy (non-hydrogen) atoms. The molecule has 0 spiro atoms. The van der Waals surface area contributed by atoms with Gasteiger partial charge in [0.1, 0.15) is 5.75 Å². The lowest BCUT2D eigenvalue weighted by Gasteiger charge is -2.16. The molecule has 0 aliphatic carbocycles. The molecule has 1 unspecified atom stereocenters. The molecule has 0 heterocycles. The van der Waals surface area contributed by atoms with Crippen LogP contribution in [0.2, 0.25) is 0 Å². The molecule has 0 bridgehead atoms. The number of hydrogen-bond donors (Lipinski definition) is 2. The topological polar surface area (TPSA) is 75.4 Å². The SMILES string of the molecule is CC(Cc1ccc(O)cc1)Nc1cc([N+](=O)[O-])ccc1Br. The van der Waals surface area contributed by atoms with Gasteiger partial charge in [-0.25, -0.2) is 0 Å². The molecule has 5 nitrogen and oxygen atoms in total. The highest BCUT2D eigenvalue weighted by Crippen LogP contribution is 2.28. The van der Waals surface area contributed by atoms with Crippen LogP contribution in [-0.4, -0.2) is 16.1 Å². The maximum absolute atomic E-state index is 10.8. The summed E-state index contributed by atoms with van der Waals surface area (Å²) in [5.74, 6) is 0.237. The lowest BCUT2D eigenvalue weighted by Crippen LogP contribution is -2.18. The fourth-order valence-electron chi connectivity index (χ4n) is 2.04. The molecule has 2 rings (SSSR count). The van der Waals surface area contributed by atoms with Crippen molar-refractivity contribution < 1.29 is 10.0 Å². The fourth-order valence-corrected chi connectivity index (χ4v) is 2.40. The van der Waals surface area contributed by atoms with Gasteiger partial charge < -0.3 is 10.4 Å². The van der Waals surface area contributed by atoms with E-state index < -0.39 is 4.92 Å². The molecule has 0 aromatic heterocycles. The Morgan fingerprint density at radius 1 is 1.29 bits per heavy atom. The third-order valence-corrected chi connectivity index (χ3v) is 3.73. The quantitative estimate of drug-likeness (QED) is 0.628. The third-order valence-electron chi connectivity index (χ3n) is 3.04. The van der Waals surface area contributed by atoms with E-state index in [4.69, 9.17) is 0 Å². The van der Waals surface area contributed by atoms with Crippen LogP contribution in [0.25, 0.3) is 0 Å². The number of rotatable bonds is 5. The molecule has 0 saturated carbocycles. The number of nitrogens with one attached hydrogen (secondary N) is 1. The summed E-state index contributed by atoms with van der Waals surface area (Å²) in [6.45, 7) is 2.00. The Morgan fingerprint density at radius 2 is 1.95 bits per heavy atom. The van der Waals surface area contributed by atoms with Crippen LogP contribution in [-0.2, 0) is 6.42 Å². The van der Waals surface area contributed by atoms with Crippen LogP contribution in [0.15, 0.2) is 46.9 Å². The minimum atomic E-state index is -0.414. The summed E-state index contributed by atoms with van der Waals surface area (Å²) in [5, 5.41) is 23.3. The van der Waals surface area contributed by atoms with Crippen molar-refractivity contribution >= 4 is 27.3 Å². The lowest BCUT2D eigenvalue weighted by atomic mass is 10.1. The van der Waals surface area contributed by atoms with Crippen LogP contribution in [0.4, 0.5) is 11.4 Å². The molecule has 2 N–H and O–H groups in total. The average Bonchev–Trinajstić information content (AvgIpc) is 2.43. The van der Waals surface area contributed by atoms with E-state index in [0.29, 0.717) is 5.69 Å². The smallest absolute Gasteiger partial charge is 0.271 e. The van der Waals surface area contributed by atoms with Crippen molar-refractivity contribution in [1.82, 2.24) is 0 Å². The average molecular weight is 351 g/mol. The molecular formula is C15H15BrN2O3. The first-order valence-corrected chi connectivity index (χ1v) is 7.23. The molecule has 1 atom stereocenters. The van der Waals surface area contributed by atoms with Crippen molar-refractivity contribution in [3.8, 4) is 5.75 Å². The van der Waals surface area contributed by atoms with Crippen LogP contribution in [0.1, 0.15) is 12.5 Å². The standard InChI is InChI=1S/C15H15BrN2O3/c1-10(8-11-2-5-13(19)6-3-11)17-15-9-12(18(20)21)4-7-14(15)16/h2-7,9-10,17,19H,8H2,1H3. The molecule has 0 amide bonds. The van der Waals surface area contributed by atoms with Gasteiger partial charge in [-0.1, -0.05) is 12.1 Å². The van der Waals surface area contributed by atoms with E-state index in [0.717, 1.165) is 16.5 Å². The number of halogens is 1. The third kappa shape index (κ3) is 4.19. The molecule has 2 aromatic carbocycles. The van der Waals surface area contributed by atoms with Crippen LogP contribution >= 0.6 is 15.9 Å². The van der Waals surface area contributed by atoms with Gasteiger partial charge in [0.05, 0.1) is 10.6 Å². The van der Waals surface area contributed by atoms with E-state index in [1.54, 1.807) is 18.2 Å². The van der Waals surface area contributed by atoms with Crippen molar-refractivity contribution in [2.24, 2.45) is 0 Å². The number of hydrogen-bond acceptors (Lipinski definition) is 4. The summed E-state index contributed by atoms with van der Waals surface area (Å²) in [6, 6.07) is 11.7. The van der Waals surface area contributed by atoms with Crippen molar-refractivity contribution in [2.75, 3.05) is 5.32 Å². The first kappa shape index (κ1) is 15.3. The number of nitrogens with zero attached hydrogens (tertiary/aromatic N) is 1. The largest absolute Gasteiger partial charge is 0.508 e. The molecule has 0 radical (unpaired) electrons. The zero-order valence-corrected chi connectivity index (χ0v) is 13.0. The summed E-state index contributed by atoms with van der Waals surface area (Å²) in [6.07, 6.45) is 0.745. The van der Waals surface area contributed by atoms with Gasteiger partial charge in [-0.3, -0.25) is 10.1 Å². The molecule has 0 saturated heterocycles. The number of anilines is 1. The zero-order chi connectivity index (χ0) is 15.4. The Balaban J connectivity index is 2.08. The Bertz CT molecular complexity index is 644. The van der Waals surface area contributed by atoms with E-state index in [1.807, 2.05) is 19.1 Å². The molecule has 0 aliphatic heterocycles. The van der Waals surface area contributed by atoms with E-state index in [9.17, 15) is 15.2 Å². The minimum absolute atomic E-state index is 0.0533. The van der Waals surface area contributed by atoms with Gasteiger partial charge in [0.2, 0.25) is 0 Å². The minimum Gasteiger partial charge on any atom is -0.508 e. The van der Waals surface area contributed by atoms with Gasteiger partial charge >= 0.3 is 0 Å². The van der Waals surface area contributed by atoms with E-state index >= 15 is 0 Å². The highest BCUT2D eigenvalue weighted by atomic mass is 79.9. The van der Waals surface area contributed by atoms with Gasteiger partial charge in [0.15, 0.2) is 0 Å². The second kappa shape index (κ2) is 6.58. The van der Waals surface area contributed by atoms with Gasteiger partial charge in [-0.15, -0.1) is 0 Å². The van der Waals surface area contributed by atoms with Crippen molar-refractivity contribution in [3.05, 3.63) is 62.6 Å². The first-order valence-electron chi connectivity index (χ1n) is 6.44. The van der Waals surface area contributed by atoms with Crippen LogP contribution in [0.5, 0.6) is 5.75 Å². The predicted octanol–water partition coefficient (Wildman–Crippen LogP) is 4.11. The number of phenols is 1. The predicted molar refractivity (Wildman–Crippen MR) is 85.7 cm³/mol. The first-order chi connectivity index (χ1) is 9.95. The van der Waals surface area contributed by atoms with Crippen molar-refractivity contribution in [2.45, 2.75) is 19.4 Å². The highest BCUT2D eigenvalue weighted by Gasteiger charge is 2.11. The van der Waals surface area contributed by atoms with Crippen molar-refractivity contribution in [3.63, 3.8) is 0 Å². The Labute approximate surface area is 130 Å². The van der Waals surface area contributed by atoms with Gasteiger partial charge in [-0.2, -0.15) is 0 Å². The fraction of sp³-hybridized carbons (Fsp3) is 0.200. The van der Waals surface area contributed by atoms with Crippen molar-refractivity contribution in [1.29, 1.82) is 0 Å². The Kier molecular flexibility index (Phi) is 4.80. The lowest BCUT2D eigenvalue weighted by molar-refractivity contribution is -0.384. The Morgan fingerprint density at radius 3 is 2.57 bits per heavy atom. The summed E-state index contributed by atoms with van der Waals surface area (Å²) < 4.78 is 0.783. The molecule has 110 valence electrons.